The second-order valence-electron chi connectivity index (χ2n) is 9.39. The van der Waals surface area contributed by atoms with E-state index in [1.165, 1.54) is 10.5 Å². The van der Waals surface area contributed by atoms with E-state index in [0.29, 0.717) is 12.0 Å². The predicted octanol–water partition coefficient (Wildman–Crippen LogP) is 1.67. The fourth-order valence-electron chi connectivity index (χ4n) is 5.30. The first-order valence-electron chi connectivity index (χ1n) is 12.2. The number of nitrogens with one attached hydrogen (secondary N) is 3. The van der Waals surface area contributed by atoms with Crippen LogP contribution < -0.4 is 16.0 Å². The lowest BCUT2D eigenvalue weighted by atomic mass is 9.87. The van der Waals surface area contributed by atoms with Crippen LogP contribution in [-0.4, -0.2) is 53.3 Å². The summed E-state index contributed by atoms with van der Waals surface area (Å²) in [6, 6.07) is 7.72. The predicted molar refractivity (Wildman–Crippen MR) is 128 cm³/mol. The number of fused-ring (bicyclic) bond motifs is 4. The first kappa shape index (κ1) is 23.4. The summed E-state index contributed by atoms with van der Waals surface area (Å²) in [7, 11) is 1.69. The van der Waals surface area contributed by atoms with Gasteiger partial charge in [-0.05, 0) is 50.4 Å². The Labute approximate surface area is 204 Å². The van der Waals surface area contributed by atoms with Gasteiger partial charge in [0.05, 0.1) is 18.7 Å². The van der Waals surface area contributed by atoms with Gasteiger partial charge in [-0.1, -0.05) is 24.3 Å². The molecule has 3 aliphatic rings. The molecule has 3 heterocycles. The van der Waals surface area contributed by atoms with Gasteiger partial charge in [0, 0.05) is 29.9 Å². The minimum absolute atomic E-state index is 0.124. The van der Waals surface area contributed by atoms with Crippen LogP contribution in [0.3, 0.4) is 0 Å². The van der Waals surface area contributed by atoms with Crippen LogP contribution in [0.2, 0.25) is 0 Å². The molecule has 1 aromatic carbocycles. The van der Waals surface area contributed by atoms with Crippen molar-refractivity contribution in [1.29, 1.82) is 0 Å². The number of ether oxygens (including phenoxy) is 1. The average Bonchev–Trinajstić information content (AvgIpc) is 3.13. The molecule has 9 nitrogen and oxygen atoms in total. The molecule has 1 unspecified atom stereocenters. The Morgan fingerprint density at radius 2 is 1.91 bits per heavy atom. The second-order valence-corrected chi connectivity index (χ2v) is 9.39. The second kappa shape index (κ2) is 9.75. The van der Waals surface area contributed by atoms with Crippen LogP contribution in [0.1, 0.15) is 66.8 Å². The molecule has 5 atom stereocenters. The van der Waals surface area contributed by atoms with Crippen LogP contribution >= 0.6 is 0 Å². The summed E-state index contributed by atoms with van der Waals surface area (Å²) < 4.78 is 6.08. The Balaban J connectivity index is 1.44. The largest absolute Gasteiger partial charge is 0.354 e. The van der Waals surface area contributed by atoms with E-state index >= 15 is 0 Å². The maximum atomic E-state index is 13.8. The first-order valence-corrected chi connectivity index (χ1v) is 12.2. The Hall–Kier alpha value is -3.30. The summed E-state index contributed by atoms with van der Waals surface area (Å²) in [5.74, 6) is -0.872. The van der Waals surface area contributed by atoms with Crippen molar-refractivity contribution in [2.24, 2.45) is 0 Å². The van der Waals surface area contributed by atoms with Crippen LogP contribution in [-0.2, 0) is 25.5 Å². The van der Waals surface area contributed by atoms with Crippen molar-refractivity contribution >= 4 is 17.7 Å². The zero-order valence-electron chi connectivity index (χ0n) is 20.0. The number of carbonyl (C=O) groups excluding carboxylic acids is 3. The molecule has 1 saturated heterocycles. The number of carbonyl (C=O) groups is 3. The van der Waals surface area contributed by atoms with Gasteiger partial charge in [0.2, 0.25) is 17.7 Å². The van der Waals surface area contributed by atoms with Crippen molar-refractivity contribution in [3.05, 3.63) is 65.0 Å². The van der Waals surface area contributed by atoms with Crippen LogP contribution in [0.15, 0.2) is 42.7 Å². The third-order valence-corrected chi connectivity index (χ3v) is 7.29. The molecule has 1 aliphatic carbocycles. The lowest BCUT2D eigenvalue weighted by Gasteiger charge is -2.32. The number of aryl methyl sites for hydroxylation is 1. The number of hydrogen-bond donors (Lipinski definition) is 3. The normalized spacial score (nSPS) is 26.1. The maximum Gasteiger partial charge on any atom is 0.248 e. The number of amides is 3. The molecule has 0 spiro atoms. The Morgan fingerprint density at radius 1 is 1.09 bits per heavy atom. The zero-order valence-corrected chi connectivity index (χ0v) is 20.0. The van der Waals surface area contributed by atoms with Gasteiger partial charge in [0.25, 0.3) is 0 Å². The van der Waals surface area contributed by atoms with Crippen molar-refractivity contribution < 1.29 is 19.1 Å². The highest BCUT2D eigenvalue weighted by atomic mass is 16.5. The molecule has 0 saturated carbocycles. The molecule has 1 fully saturated rings. The highest BCUT2D eigenvalue weighted by molar-refractivity contribution is 5.95. The molecule has 9 heteroatoms. The van der Waals surface area contributed by atoms with Gasteiger partial charge in [-0.2, -0.15) is 0 Å². The standard InChI is InChI=1S/C26H31N5O4/c1-15(27-2)23(32)30-21-11-13-35-26-18-10-12-28-14-19(18)22(31(26)25(21)34)24(33)29-20-9-5-7-16-6-3-4-8-17(16)20/h3-4,6,8,10,12,14-15,20-22,26-27H,5,7,9,11,13H2,1-2H3,(H,29,33)(H,30,32)/t15-,20+,21-,22?,26-/m0/s1. The van der Waals surface area contributed by atoms with Gasteiger partial charge < -0.3 is 20.7 Å². The summed E-state index contributed by atoms with van der Waals surface area (Å²) in [5.41, 5.74) is 3.78. The molecular weight excluding hydrogens is 446 g/mol. The van der Waals surface area contributed by atoms with Crippen LogP contribution in [0.25, 0.3) is 0 Å². The van der Waals surface area contributed by atoms with Gasteiger partial charge in [0.1, 0.15) is 12.1 Å². The monoisotopic (exact) mass is 477 g/mol. The summed E-state index contributed by atoms with van der Waals surface area (Å²) in [5, 5.41) is 8.92. The quantitative estimate of drug-likeness (QED) is 0.604. The number of nitrogens with zero attached hydrogens (tertiary/aromatic N) is 2. The number of likely N-dealkylation sites (N-methyl/N-ethyl adjacent to an activating group) is 1. The number of pyridine rings is 1. The fraction of sp³-hybridized carbons (Fsp3) is 0.462. The third-order valence-electron chi connectivity index (χ3n) is 7.29. The smallest absolute Gasteiger partial charge is 0.248 e. The van der Waals surface area contributed by atoms with E-state index < -0.39 is 24.4 Å². The van der Waals surface area contributed by atoms with Gasteiger partial charge in [-0.25, -0.2) is 0 Å². The zero-order chi connectivity index (χ0) is 24.5. The van der Waals surface area contributed by atoms with Crippen LogP contribution in [0, 0.1) is 0 Å². The molecule has 2 aliphatic heterocycles. The van der Waals surface area contributed by atoms with Crippen molar-refractivity contribution in [2.75, 3.05) is 13.7 Å². The Morgan fingerprint density at radius 3 is 2.74 bits per heavy atom. The van der Waals surface area contributed by atoms with E-state index in [1.807, 2.05) is 12.1 Å². The topological polar surface area (TPSA) is 113 Å². The Bertz CT molecular complexity index is 1140. The fourth-order valence-corrected chi connectivity index (χ4v) is 5.30. The van der Waals surface area contributed by atoms with Crippen molar-refractivity contribution in [3.63, 3.8) is 0 Å². The summed E-state index contributed by atoms with van der Waals surface area (Å²) >= 11 is 0. The molecule has 0 bridgehead atoms. The molecule has 5 rings (SSSR count). The van der Waals surface area contributed by atoms with E-state index in [1.54, 1.807) is 32.4 Å². The average molecular weight is 478 g/mol. The van der Waals surface area contributed by atoms with Crippen LogP contribution in [0.5, 0.6) is 0 Å². The first-order chi connectivity index (χ1) is 17.0. The highest BCUT2D eigenvalue weighted by Crippen LogP contribution is 2.44. The molecule has 184 valence electrons. The lowest BCUT2D eigenvalue weighted by molar-refractivity contribution is -0.153. The van der Waals surface area contributed by atoms with Gasteiger partial charge in [-0.15, -0.1) is 0 Å². The molecule has 35 heavy (non-hydrogen) atoms. The minimum atomic E-state index is -0.885. The van der Waals surface area contributed by atoms with E-state index in [2.05, 4.69) is 33.1 Å². The van der Waals surface area contributed by atoms with E-state index in [9.17, 15) is 14.4 Å². The van der Waals surface area contributed by atoms with E-state index in [0.717, 1.165) is 30.4 Å². The SMILES string of the molecule is CN[C@@H](C)C(=O)N[C@H]1CCO[C@H]2c3ccncc3C(C(=O)N[C@@H]3CCCc4ccccc43)N2C1=O. The van der Waals surface area contributed by atoms with E-state index in [4.69, 9.17) is 4.74 Å². The molecule has 1 aromatic heterocycles. The van der Waals surface area contributed by atoms with Gasteiger partial charge in [-0.3, -0.25) is 24.3 Å². The number of hydrogen-bond acceptors (Lipinski definition) is 6. The Kier molecular flexibility index (Phi) is 6.53. The third kappa shape index (κ3) is 4.30. The molecule has 3 amide bonds. The summed E-state index contributed by atoms with van der Waals surface area (Å²) in [6.07, 6.45) is 5.72. The molecular formula is C26H31N5O4. The van der Waals surface area contributed by atoms with Crippen molar-refractivity contribution in [2.45, 2.75) is 63.0 Å². The number of rotatable bonds is 5. The molecule has 2 aromatic rings. The molecule has 0 radical (unpaired) electrons. The number of aromatic nitrogens is 1. The minimum Gasteiger partial charge on any atom is -0.354 e. The maximum absolute atomic E-state index is 13.8. The van der Waals surface area contributed by atoms with E-state index in [-0.39, 0.29) is 30.4 Å². The van der Waals surface area contributed by atoms with Crippen LogP contribution in [0.4, 0.5) is 0 Å². The number of benzene rings is 1. The summed E-state index contributed by atoms with van der Waals surface area (Å²) in [4.78, 5) is 45.8. The van der Waals surface area contributed by atoms with Crippen molar-refractivity contribution in [1.82, 2.24) is 25.8 Å². The summed E-state index contributed by atoms with van der Waals surface area (Å²) in [6.45, 7) is 2.00. The van der Waals surface area contributed by atoms with Gasteiger partial charge >= 0.3 is 0 Å². The van der Waals surface area contributed by atoms with Crippen molar-refractivity contribution in [3.8, 4) is 0 Å². The highest BCUT2D eigenvalue weighted by Gasteiger charge is 2.49. The van der Waals surface area contributed by atoms with Gasteiger partial charge in [0.15, 0.2) is 6.23 Å². The lowest BCUT2D eigenvalue weighted by Crippen LogP contribution is -2.53. The molecule has 3 N–H and O–H groups in total.